The van der Waals surface area contributed by atoms with Crippen molar-refractivity contribution in [1.82, 2.24) is 9.97 Å². The van der Waals surface area contributed by atoms with E-state index >= 15 is 0 Å². The summed E-state index contributed by atoms with van der Waals surface area (Å²) in [6.07, 6.45) is 1.58. The first kappa shape index (κ1) is 9.09. The average Bonchev–Trinajstić information content (AvgIpc) is 2.77. The minimum atomic E-state index is -0.254. The van der Waals surface area contributed by atoms with Gasteiger partial charge in [-0.15, -0.1) is 0 Å². The number of hydrogen-bond acceptors (Lipinski definition) is 1. The molecule has 1 aromatic heterocycles. The van der Waals surface area contributed by atoms with Crippen LogP contribution in [0.5, 0.6) is 0 Å². The van der Waals surface area contributed by atoms with Gasteiger partial charge in [0.1, 0.15) is 5.82 Å². The van der Waals surface area contributed by atoms with Crippen molar-refractivity contribution in [2.75, 3.05) is 0 Å². The summed E-state index contributed by atoms with van der Waals surface area (Å²) in [5.74, 6) is -0.254. The third-order valence-corrected chi connectivity index (χ3v) is 2.57. The summed E-state index contributed by atoms with van der Waals surface area (Å²) >= 11 is 0. The number of hydrogen-bond donors (Lipinski definition) is 1. The van der Waals surface area contributed by atoms with Gasteiger partial charge in [-0.1, -0.05) is 30.3 Å². The number of aromatic nitrogens is 2. The van der Waals surface area contributed by atoms with Gasteiger partial charge in [0, 0.05) is 5.56 Å². The number of nitrogens with one attached hydrogen (secondary N) is 1. The predicted octanol–water partition coefficient (Wildman–Crippen LogP) is 3.37. The van der Waals surface area contributed by atoms with E-state index in [2.05, 4.69) is 9.97 Å². The molecule has 0 aliphatic carbocycles. The van der Waals surface area contributed by atoms with Crippen molar-refractivity contribution in [2.45, 2.75) is 0 Å². The van der Waals surface area contributed by atoms with Gasteiger partial charge in [-0.25, -0.2) is 9.37 Å². The van der Waals surface area contributed by atoms with Gasteiger partial charge in [0.15, 0.2) is 0 Å². The summed E-state index contributed by atoms with van der Waals surface area (Å²) in [4.78, 5) is 7.13. The van der Waals surface area contributed by atoms with Crippen LogP contribution in [0.2, 0.25) is 0 Å². The molecule has 0 fully saturated rings. The summed E-state index contributed by atoms with van der Waals surface area (Å²) < 4.78 is 13.4. The zero-order chi connectivity index (χ0) is 11.0. The second-order valence-corrected chi connectivity index (χ2v) is 3.62. The van der Waals surface area contributed by atoms with E-state index in [1.54, 1.807) is 6.33 Å². The molecule has 1 N–H and O–H groups in total. The highest BCUT2D eigenvalue weighted by Gasteiger charge is 2.07. The molecule has 0 radical (unpaired) electrons. The Labute approximate surface area is 91.8 Å². The maximum absolute atomic E-state index is 13.4. The Morgan fingerprint density at radius 1 is 1.06 bits per heavy atom. The monoisotopic (exact) mass is 212 g/mol. The van der Waals surface area contributed by atoms with Gasteiger partial charge in [-0.3, -0.25) is 0 Å². The van der Waals surface area contributed by atoms with E-state index in [-0.39, 0.29) is 5.82 Å². The molecule has 16 heavy (non-hydrogen) atoms. The molecule has 0 spiro atoms. The number of nitrogens with zero attached hydrogens (tertiary/aromatic N) is 1. The second-order valence-electron chi connectivity index (χ2n) is 3.62. The maximum atomic E-state index is 13.4. The highest BCUT2D eigenvalue weighted by atomic mass is 19.1. The quantitative estimate of drug-likeness (QED) is 0.658. The SMILES string of the molecule is Fc1cc(-c2ccccc2)c2nc[nH]c2c1. The van der Waals surface area contributed by atoms with Crippen molar-refractivity contribution in [3.8, 4) is 11.1 Å². The topological polar surface area (TPSA) is 28.7 Å². The van der Waals surface area contributed by atoms with Crippen LogP contribution in [0.3, 0.4) is 0 Å². The highest BCUT2D eigenvalue weighted by molar-refractivity contribution is 5.91. The first-order valence-corrected chi connectivity index (χ1v) is 5.02. The molecular formula is C13H9FN2. The van der Waals surface area contributed by atoms with Gasteiger partial charge >= 0.3 is 0 Å². The molecule has 0 saturated carbocycles. The molecule has 0 saturated heterocycles. The van der Waals surface area contributed by atoms with Gasteiger partial charge in [-0.2, -0.15) is 0 Å². The second kappa shape index (κ2) is 3.45. The Kier molecular flexibility index (Phi) is 1.96. The molecule has 3 heteroatoms. The molecule has 0 aliphatic rings. The number of fused-ring (bicyclic) bond motifs is 1. The number of aromatic amines is 1. The van der Waals surface area contributed by atoms with Crippen molar-refractivity contribution in [3.63, 3.8) is 0 Å². The molecule has 0 unspecified atom stereocenters. The molecular weight excluding hydrogens is 203 g/mol. The molecule has 0 atom stereocenters. The third-order valence-electron chi connectivity index (χ3n) is 2.57. The molecule has 3 aromatic rings. The lowest BCUT2D eigenvalue weighted by Crippen LogP contribution is -1.83. The Morgan fingerprint density at radius 3 is 2.69 bits per heavy atom. The third kappa shape index (κ3) is 1.37. The lowest BCUT2D eigenvalue weighted by Gasteiger charge is -2.02. The fourth-order valence-electron chi connectivity index (χ4n) is 1.85. The number of H-pyrrole nitrogens is 1. The first-order valence-electron chi connectivity index (χ1n) is 5.02. The lowest BCUT2D eigenvalue weighted by molar-refractivity contribution is 0.630. The van der Waals surface area contributed by atoms with Crippen LogP contribution >= 0.6 is 0 Å². The number of halogens is 1. The summed E-state index contributed by atoms with van der Waals surface area (Å²) in [6.45, 7) is 0. The van der Waals surface area contributed by atoms with Gasteiger partial charge in [0.2, 0.25) is 0 Å². The van der Waals surface area contributed by atoms with Crippen LogP contribution in [0.4, 0.5) is 4.39 Å². The number of benzene rings is 2. The fourth-order valence-corrected chi connectivity index (χ4v) is 1.85. The van der Waals surface area contributed by atoms with E-state index in [1.165, 1.54) is 12.1 Å². The van der Waals surface area contributed by atoms with Gasteiger partial charge < -0.3 is 4.98 Å². The van der Waals surface area contributed by atoms with E-state index in [1.807, 2.05) is 30.3 Å². The van der Waals surface area contributed by atoms with E-state index in [0.717, 1.165) is 22.2 Å². The van der Waals surface area contributed by atoms with Gasteiger partial charge in [-0.05, 0) is 17.7 Å². The molecule has 78 valence electrons. The summed E-state index contributed by atoms with van der Waals surface area (Å²) in [6, 6.07) is 12.7. The Bertz CT molecular complexity index is 629. The number of imidazole rings is 1. The zero-order valence-electron chi connectivity index (χ0n) is 8.44. The van der Waals surface area contributed by atoms with E-state index < -0.39 is 0 Å². The molecule has 0 amide bonds. The average molecular weight is 212 g/mol. The van der Waals surface area contributed by atoms with Crippen LogP contribution in [0, 0.1) is 5.82 Å². The summed E-state index contributed by atoms with van der Waals surface area (Å²) in [5.41, 5.74) is 3.31. The van der Waals surface area contributed by atoms with Crippen molar-refractivity contribution in [3.05, 3.63) is 54.6 Å². The Hall–Kier alpha value is -2.16. The summed E-state index contributed by atoms with van der Waals surface area (Å²) in [7, 11) is 0. The Morgan fingerprint density at radius 2 is 1.88 bits per heavy atom. The molecule has 2 nitrogen and oxygen atoms in total. The van der Waals surface area contributed by atoms with Crippen molar-refractivity contribution >= 4 is 11.0 Å². The maximum Gasteiger partial charge on any atom is 0.126 e. The minimum Gasteiger partial charge on any atom is -0.344 e. The van der Waals surface area contributed by atoms with Crippen LogP contribution < -0.4 is 0 Å². The lowest BCUT2D eigenvalue weighted by atomic mass is 10.0. The summed E-state index contributed by atoms with van der Waals surface area (Å²) in [5, 5.41) is 0. The Balaban J connectivity index is 2.34. The molecule has 2 aromatic carbocycles. The molecule has 1 heterocycles. The van der Waals surface area contributed by atoms with Crippen molar-refractivity contribution in [2.24, 2.45) is 0 Å². The standard InChI is InChI=1S/C13H9FN2/c14-10-6-11(9-4-2-1-3-5-9)13-12(7-10)15-8-16-13/h1-8H,(H,15,16). The van der Waals surface area contributed by atoms with Crippen LogP contribution in [0.25, 0.3) is 22.2 Å². The number of rotatable bonds is 1. The fraction of sp³-hybridized carbons (Fsp3) is 0. The van der Waals surface area contributed by atoms with Gasteiger partial charge in [0.05, 0.1) is 17.4 Å². The van der Waals surface area contributed by atoms with Gasteiger partial charge in [0.25, 0.3) is 0 Å². The van der Waals surface area contributed by atoms with Crippen LogP contribution in [-0.2, 0) is 0 Å². The van der Waals surface area contributed by atoms with Crippen molar-refractivity contribution < 1.29 is 4.39 Å². The van der Waals surface area contributed by atoms with Crippen LogP contribution in [-0.4, -0.2) is 9.97 Å². The van der Waals surface area contributed by atoms with Crippen LogP contribution in [0.15, 0.2) is 48.8 Å². The first-order chi connectivity index (χ1) is 7.84. The van der Waals surface area contributed by atoms with E-state index in [0.29, 0.717) is 0 Å². The van der Waals surface area contributed by atoms with Crippen LogP contribution in [0.1, 0.15) is 0 Å². The smallest absolute Gasteiger partial charge is 0.126 e. The largest absolute Gasteiger partial charge is 0.344 e. The van der Waals surface area contributed by atoms with E-state index in [4.69, 9.17) is 0 Å². The minimum absolute atomic E-state index is 0.254. The molecule has 0 aliphatic heterocycles. The van der Waals surface area contributed by atoms with Crippen molar-refractivity contribution in [1.29, 1.82) is 0 Å². The zero-order valence-corrected chi connectivity index (χ0v) is 8.44. The van der Waals surface area contributed by atoms with E-state index in [9.17, 15) is 4.39 Å². The normalized spacial score (nSPS) is 10.8. The highest BCUT2D eigenvalue weighted by Crippen LogP contribution is 2.27. The predicted molar refractivity (Wildman–Crippen MR) is 61.5 cm³/mol. The molecule has 3 rings (SSSR count). The molecule has 0 bridgehead atoms.